The van der Waals surface area contributed by atoms with Crippen molar-refractivity contribution in [2.45, 2.75) is 52.2 Å². The van der Waals surface area contributed by atoms with Crippen LogP contribution in [0, 0.1) is 11.8 Å². The van der Waals surface area contributed by atoms with E-state index in [2.05, 4.69) is 84.3 Å². The van der Waals surface area contributed by atoms with Crippen LogP contribution in [0.3, 0.4) is 0 Å². The number of nitrogens with zero attached hydrogens (tertiary/aromatic N) is 2. The van der Waals surface area contributed by atoms with Crippen LogP contribution in [0.2, 0.25) is 0 Å². The summed E-state index contributed by atoms with van der Waals surface area (Å²) in [7, 11) is 0. The van der Waals surface area contributed by atoms with Gasteiger partial charge in [-0.05, 0) is 67.8 Å². The van der Waals surface area contributed by atoms with Crippen molar-refractivity contribution in [3.8, 4) is 0 Å². The van der Waals surface area contributed by atoms with E-state index in [1.165, 1.54) is 22.3 Å². The fraction of sp³-hybridized carbons (Fsp3) is 0.517. The molecule has 2 nitrogen and oxygen atoms in total. The Hall–Kier alpha value is -1.97. The third-order valence-electron chi connectivity index (χ3n) is 7.38. The number of benzene rings is 2. The van der Waals surface area contributed by atoms with Crippen LogP contribution in [0.4, 0.5) is 4.39 Å². The quantitative estimate of drug-likeness (QED) is 0.510. The maximum absolute atomic E-state index is 14.3. The molecule has 2 saturated heterocycles. The van der Waals surface area contributed by atoms with E-state index in [4.69, 9.17) is 0 Å². The first-order chi connectivity index (χ1) is 15.4. The van der Waals surface area contributed by atoms with Gasteiger partial charge in [0.15, 0.2) is 0 Å². The van der Waals surface area contributed by atoms with E-state index in [0.29, 0.717) is 24.8 Å². The molecule has 0 bridgehead atoms. The molecule has 2 heterocycles. The number of hydrogen-bond donors (Lipinski definition) is 0. The molecule has 0 aliphatic carbocycles. The molecule has 4 rings (SSSR count). The van der Waals surface area contributed by atoms with Crippen LogP contribution >= 0.6 is 0 Å². The predicted molar refractivity (Wildman–Crippen MR) is 133 cm³/mol. The molecule has 172 valence electrons. The Balaban J connectivity index is 1.35. The van der Waals surface area contributed by atoms with Crippen molar-refractivity contribution in [1.82, 2.24) is 9.80 Å². The molecule has 2 aromatic rings. The Kier molecular flexibility index (Phi) is 7.48. The number of piperidine rings is 1. The van der Waals surface area contributed by atoms with Crippen LogP contribution < -0.4 is 0 Å². The van der Waals surface area contributed by atoms with Gasteiger partial charge in [-0.3, -0.25) is 9.80 Å². The monoisotopic (exact) mass is 434 g/mol. The van der Waals surface area contributed by atoms with Gasteiger partial charge in [0.1, 0.15) is 5.67 Å². The fourth-order valence-electron chi connectivity index (χ4n) is 5.68. The molecule has 3 atom stereocenters. The Morgan fingerprint density at radius 1 is 1.03 bits per heavy atom. The van der Waals surface area contributed by atoms with Crippen LogP contribution in [0.25, 0.3) is 5.57 Å². The molecule has 0 aromatic heterocycles. The van der Waals surface area contributed by atoms with Crippen molar-refractivity contribution in [1.29, 1.82) is 0 Å². The van der Waals surface area contributed by atoms with Crippen LogP contribution in [-0.2, 0) is 13.0 Å². The molecule has 3 unspecified atom stereocenters. The summed E-state index contributed by atoms with van der Waals surface area (Å²) in [5.41, 5.74) is 4.55. The van der Waals surface area contributed by atoms with Gasteiger partial charge in [-0.15, -0.1) is 0 Å². The number of halogens is 1. The zero-order valence-corrected chi connectivity index (χ0v) is 20.1. The molecule has 2 aromatic carbocycles. The number of hydrogen-bond acceptors (Lipinski definition) is 2. The Labute approximate surface area is 194 Å². The molecule has 2 fully saturated rings. The minimum atomic E-state index is -1.02. The lowest BCUT2D eigenvalue weighted by Crippen LogP contribution is -2.44. The number of likely N-dealkylation sites (tertiary alicyclic amines) is 2. The summed E-state index contributed by atoms with van der Waals surface area (Å²) in [6.45, 7) is 12.2. The molecular weight excluding hydrogens is 395 g/mol. The molecule has 2 aliphatic rings. The average Bonchev–Trinajstić information content (AvgIpc) is 3.13. The van der Waals surface area contributed by atoms with Crippen LogP contribution in [0.1, 0.15) is 50.3 Å². The molecule has 0 spiro atoms. The minimum absolute atomic E-state index is 0.574. The van der Waals surface area contributed by atoms with Crippen molar-refractivity contribution in [2.24, 2.45) is 11.8 Å². The van der Waals surface area contributed by atoms with E-state index < -0.39 is 5.67 Å². The van der Waals surface area contributed by atoms with Crippen LogP contribution in [0.15, 0.2) is 60.7 Å². The van der Waals surface area contributed by atoms with E-state index in [1.54, 1.807) is 6.92 Å². The first-order valence-corrected chi connectivity index (χ1v) is 12.4. The van der Waals surface area contributed by atoms with Crippen molar-refractivity contribution in [2.75, 3.05) is 32.7 Å². The van der Waals surface area contributed by atoms with Gasteiger partial charge < -0.3 is 0 Å². The van der Waals surface area contributed by atoms with Crippen molar-refractivity contribution < 1.29 is 4.39 Å². The fourth-order valence-corrected chi connectivity index (χ4v) is 5.68. The first kappa shape index (κ1) is 23.2. The summed E-state index contributed by atoms with van der Waals surface area (Å²) < 4.78 is 14.3. The number of rotatable bonds is 7. The van der Waals surface area contributed by atoms with Gasteiger partial charge in [0.2, 0.25) is 0 Å². The van der Waals surface area contributed by atoms with E-state index in [0.717, 1.165) is 45.6 Å². The molecule has 0 radical (unpaired) electrons. The maximum Gasteiger partial charge on any atom is 0.120 e. The summed E-state index contributed by atoms with van der Waals surface area (Å²) in [6.07, 6.45) is 4.98. The zero-order chi connectivity index (χ0) is 22.6. The summed E-state index contributed by atoms with van der Waals surface area (Å²) in [4.78, 5) is 4.89. The van der Waals surface area contributed by atoms with Gasteiger partial charge in [-0.1, -0.05) is 67.6 Å². The third-order valence-corrected chi connectivity index (χ3v) is 7.38. The van der Waals surface area contributed by atoms with Crippen LogP contribution in [-0.4, -0.2) is 48.2 Å². The first-order valence-electron chi connectivity index (χ1n) is 12.4. The summed E-state index contributed by atoms with van der Waals surface area (Å²) in [5.74, 6) is 1.23. The van der Waals surface area contributed by atoms with E-state index in [-0.39, 0.29) is 0 Å². The van der Waals surface area contributed by atoms with E-state index in [9.17, 15) is 4.39 Å². The topological polar surface area (TPSA) is 6.48 Å². The Morgan fingerprint density at radius 2 is 1.78 bits per heavy atom. The SMILES string of the molecule is C/C=C(/c1ccc(CCN2CCCC(C)(F)C2)cc1)C1CN(Cc2ccccc2)CC1C. The highest BCUT2D eigenvalue weighted by Crippen LogP contribution is 2.36. The Bertz CT molecular complexity index is 887. The summed E-state index contributed by atoms with van der Waals surface area (Å²) in [6, 6.07) is 20.0. The molecule has 0 N–H and O–H groups in total. The molecular formula is C29H39FN2. The standard InChI is InChI=1S/C29H39FN2/c1-4-27(28-21-32(19-23(28)2)20-25-9-6-5-7-10-25)26-13-11-24(12-14-26)15-18-31-17-8-16-29(3,30)22-31/h4-7,9-14,23,28H,8,15-22H2,1-3H3/b27-4-. The largest absolute Gasteiger partial charge is 0.300 e. The third kappa shape index (κ3) is 5.88. The second-order valence-corrected chi connectivity index (χ2v) is 10.2. The summed E-state index contributed by atoms with van der Waals surface area (Å²) >= 11 is 0. The van der Waals surface area contributed by atoms with E-state index in [1.807, 2.05) is 0 Å². The van der Waals surface area contributed by atoms with Crippen molar-refractivity contribution in [3.05, 3.63) is 77.4 Å². The average molecular weight is 435 g/mol. The zero-order valence-electron chi connectivity index (χ0n) is 20.1. The highest BCUT2D eigenvalue weighted by atomic mass is 19.1. The lowest BCUT2D eigenvalue weighted by Gasteiger charge is -2.35. The van der Waals surface area contributed by atoms with Gasteiger partial charge in [0.05, 0.1) is 0 Å². The summed E-state index contributed by atoms with van der Waals surface area (Å²) in [5, 5.41) is 0. The van der Waals surface area contributed by atoms with Gasteiger partial charge in [-0.2, -0.15) is 0 Å². The maximum atomic E-state index is 14.3. The smallest absolute Gasteiger partial charge is 0.120 e. The lowest BCUT2D eigenvalue weighted by atomic mass is 9.85. The number of allylic oxidation sites excluding steroid dienone is 1. The van der Waals surface area contributed by atoms with Crippen molar-refractivity contribution in [3.63, 3.8) is 0 Å². The van der Waals surface area contributed by atoms with Gasteiger partial charge in [0, 0.05) is 38.6 Å². The normalized spacial score (nSPS) is 27.7. The second kappa shape index (κ2) is 10.3. The van der Waals surface area contributed by atoms with E-state index >= 15 is 0 Å². The Morgan fingerprint density at radius 3 is 2.47 bits per heavy atom. The number of alkyl halides is 1. The lowest BCUT2D eigenvalue weighted by molar-refractivity contribution is 0.0613. The minimum Gasteiger partial charge on any atom is -0.300 e. The van der Waals surface area contributed by atoms with Gasteiger partial charge >= 0.3 is 0 Å². The van der Waals surface area contributed by atoms with Crippen molar-refractivity contribution >= 4 is 5.57 Å². The van der Waals surface area contributed by atoms with Gasteiger partial charge in [-0.25, -0.2) is 4.39 Å². The highest BCUT2D eigenvalue weighted by Gasteiger charge is 2.32. The second-order valence-electron chi connectivity index (χ2n) is 10.2. The molecule has 2 aliphatic heterocycles. The molecule has 0 saturated carbocycles. The molecule has 32 heavy (non-hydrogen) atoms. The van der Waals surface area contributed by atoms with Gasteiger partial charge in [0.25, 0.3) is 0 Å². The molecule has 0 amide bonds. The van der Waals surface area contributed by atoms with Crippen LogP contribution in [0.5, 0.6) is 0 Å². The highest BCUT2D eigenvalue weighted by molar-refractivity contribution is 5.68. The molecule has 3 heteroatoms. The predicted octanol–water partition coefficient (Wildman–Crippen LogP) is 6.22.